The van der Waals surface area contributed by atoms with Crippen LogP contribution in [-0.4, -0.2) is 39.5 Å². The third-order valence-corrected chi connectivity index (χ3v) is 3.29. The van der Waals surface area contributed by atoms with Crippen molar-refractivity contribution in [2.75, 3.05) is 13.1 Å². The van der Waals surface area contributed by atoms with E-state index in [1.54, 1.807) is 17.1 Å². The first-order valence-corrected chi connectivity index (χ1v) is 5.60. The van der Waals surface area contributed by atoms with E-state index in [2.05, 4.69) is 11.9 Å². The molecule has 0 saturated carbocycles. The molecule has 2 N–H and O–H groups in total. The second kappa shape index (κ2) is 4.25. The molecule has 1 aliphatic rings. The van der Waals surface area contributed by atoms with Crippen LogP contribution < -0.4 is 5.73 Å². The molecule has 5 heteroatoms. The van der Waals surface area contributed by atoms with Crippen molar-refractivity contribution >= 4 is 5.91 Å². The molecule has 1 aromatic heterocycles. The maximum Gasteiger partial charge on any atom is 0.272 e. The molecular weight excluding hydrogens is 204 g/mol. The monoisotopic (exact) mass is 222 g/mol. The summed E-state index contributed by atoms with van der Waals surface area (Å²) in [7, 11) is 1.83. The first kappa shape index (κ1) is 11.1. The van der Waals surface area contributed by atoms with Gasteiger partial charge in [0.1, 0.15) is 5.69 Å². The quantitative estimate of drug-likeness (QED) is 0.739. The van der Waals surface area contributed by atoms with Crippen molar-refractivity contribution in [2.45, 2.75) is 19.4 Å². The minimum Gasteiger partial charge on any atom is -0.337 e. The second-order valence-corrected chi connectivity index (χ2v) is 4.57. The van der Waals surface area contributed by atoms with Gasteiger partial charge in [-0.3, -0.25) is 4.79 Å². The zero-order chi connectivity index (χ0) is 11.7. The number of hydrogen-bond donors (Lipinski definition) is 1. The standard InChI is InChI=1S/C11H18N4O/c1-8-6-15(4-3-9(8)12)11(16)10-5-13-7-14(10)2/h5,7-9H,3-4,6,12H2,1-2H3. The van der Waals surface area contributed by atoms with E-state index in [4.69, 9.17) is 5.73 Å². The highest BCUT2D eigenvalue weighted by molar-refractivity contribution is 5.92. The van der Waals surface area contributed by atoms with Gasteiger partial charge in [-0.15, -0.1) is 0 Å². The molecule has 0 aromatic carbocycles. The molecule has 0 bridgehead atoms. The van der Waals surface area contributed by atoms with Gasteiger partial charge >= 0.3 is 0 Å². The minimum atomic E-state index is 0.0544. The van der Waals surface area contributed by atoms with Crippen molar-refractivity contribution in [3.8, 4) is 0 Å². The Morgan fingerprint density at radius 2 is 2.38 bits per heavy atom. The van der Waals surface area contributed by atoms with Gasteiger partial charge in [0.05, 0.1) is 12.5 Å². The largest absolute Gasteiger partial charge is 0.337 e. The zero-order valence-corrected chi connectivity index (χ0v) is 9.76. The van der Waals surface area contributed by atoms with Crippen molar-refractivity contribution in [3.05, 3.63) is 18.2 Å². The fourth-order valence-corrected chi connectivity index (χ4v) is 2.07. The number of carbonyl (C=O) groups excluding carboxylic acids is 1. The second-order valence-electron chi connectivity index (χ2n) is 4.57. The number of imidazole rings is 1. The first-order valence-electron chi connectivity index (χ1n) is 5.60. The fourth-order valence-electron chi connectivity index (χ4n) is 2.07. The van der Waals surface area contributed by atoms with E-state index in [-0.39, 0.29) is 11.9 Å². The Kier molecular flexibility index (Phi) is 2.96. The Hall–Kier alpha value is -1.36. The topological polar surface area (TPSA) is 64.2 Å². The molecule has 2 unspecified atom stereocenters. The van der Waals surface area contributed by atoms with Gasteiger partial charge in [-0.05, 0) is 12.3 Å². The molecule has 0 radical (unpaired) electrons. The van der Waals surface area contributed by atoms with Gasteiger partial charge in [-0.25, -0.2) is 4.98 Å². The average Bonchev–Trinajstić information content (AvgIpc) is 2.67. The van der Waals surface area contributed by atoms with Crippen LogP contribution in [0.25, 0.3) is 0 Å². The van der Waals surface area contributed by atoms with Crippen molar-refractivity contribution in [1.29, 1.82) is 0 Å². The van der Waals surface area contributed by atoms with Gasteiger partial charge < -0.3 is 15.2 Å². The van der Waals surface area contributed by atoms with E-state index in [0.29, 0.717) is 11.6 Å². The Morgan fingerprint density at radius 1 is 1.62 bits per heavy atom. The van der Waals surface area contributed by atoms with Crippen LogP contribution in [0.1, 0.15) is 23.8 Å². The predicted molar refractivity (Wildman–Crippen MR) is 60.9 cm³/mol. The highest BCUT2D eigenvalue weighted by Crippen LogP contribution is 2.16. The highest BCUT2D eigenvalue weighted by atomic mass is 16.2. The molecule has 1 aliphatic heterocycles. The number of rotatable bonds is 1. The summed E-state index contributed by atoms with van der Waals surface area (Å²) >= 11 is 0. The molecule has 88 valence electrons. The molecule has 0 spiro atoms. The molecule has 0 aliphatic carbocycles. The van der Waals surface area contributed by atoms with Crippen LogP contribution in [0.3, 0.4) is 0 Å². The number of nitrogens with two attached hydrogens (primary N) is 1. The average molecular weight is 222 g/mol. The smallest absolute Gasteiger partial charge is 0.272 e. The summed E-state index contributed by atoms with van der Waals surface area (Å²) in [5.41, 5.74) is 6.58. The van der Waals surface area contributed by atoms with Crippen LogP contribution in [0.5, 0.6) is 0 Å². The lowest BCUT2D eigenvalue weighted by Crippen LogP contribution is -2.48. The third kappa shape index (κ3) is 1.95. The van der Waals surface area contributed by atoms with E-state index in [9.17, 15) is 4.79 Å². The molecule has 5 nitrogen and oxygen atoms in total. The van der Waals surface area contributed by atoms with Crippen molar-refractivity contribution < 1.29 is 4.79 Å². The highest BCUT2D eigenvalue weighted by Gasteiger charge is 2.27. The molecule has 2 atom stereocenters. The van der Waals surface area contributed by atoms with Crippen molar-refractivity contribution in [3.63, 3.8) is 0 Å². The zero-order valence-electron chi connectivity index (χ0n) is 9.76. The van der Waals surface area contributed by atoms with Gasteiger partial charge in [0, 0.05) is 26.2 Å². The lowest BCUT2D eigenvalue weighted by molar-refractivity contribution is 0.0654. The number of carbonyl (C=O) groups is 1. The van der Waals surface area contributed by atoms with E-state index in [0.717, 1.165) is 19.5 Å². The summed E-state index contributed by atoms with van der Waals surface area (Å²) in [6.45, 7) is 3.58. The van der Waals surface area contributed by atoms with Crippen LogP contribution in [0.2, 0.25) is 0 Å². The SMILES string of the molecule is CC1CN(C(=O)c2cncn2C)CCC1N. The van der Waals surface area contributed by atoms with E-state index in [1.807, 2.05) is 11.9 Å². The predicted octanol–water partition coefficient (Wildman–Crippen LogP) is 0.229. The van der Waals surface area contributed by atoms with Crippen LogP contribution in [0, 0.1) is 5.92 Å². The first-order chi connectivity index (χ1) is 7.59. The van der Waals surface area contributed by atoms with Gasteiger partial charge in [-0.1, -0.05) is 6.92 Å². The Balaban J connectivity index is 2.09. The van der Waals surface area contributed by atoms with Crippen LogP contribution >= 0.6 is 0 Å². The molecular formula is C11H18N4O. The number of likely N-dealkylation sites (tertiary alicyclic amines) is 1. The van der Waals surface area contributed by atoms with Gasteiger partial charge in [0.2, 0.25) is 0 Å². The Bertz CT molecular complexity index is 387. The molecule has 2 rings (SSSR count). The molecule has 1 amide bonds. The number of nitrogens with zero attached hydrogens (tertiary/aromatic N) is 3. The van der Waals surface area contributed by atoms with Crippen LogP contribution in [0.15, 0.2) is 12.5 Å². The molecule has 1 saturated heterocycles. The molecule has 2 heterocycles. The number of piperidine rings is 1. The number of hydrogen-bond acceptors (Lipinski definition) is 3. The van der Waals surface area contributed by atoms with Crippen molar-refractivity contribution in [1.82, 2.24) is 14.5 Å². The van der Waals surface area contributed by atoms with E-state index >= 15 is 0 Å². The Labute approximate surface area is 95.2 Å². The molecule has 16 heavy (non-hydrogen) atoms. The van der Waals surface area contributed by atoms with Gasteiger partial charge in [0.15, 0.2) is 0 Å². The summed E-state index contributed by atoms with van der Waals surface area (Å²) < 4.78 is 1.75. The lowest BCUT2D eigenvalue weighted by Gasteiger charge is -2.35. The maximum absolute atomic E-state index is 12.2. The normalized spacial score (nSPS) is 25.8. The van der Waals surface area contributed by atoms with E-state index in [1.165, 1.54) is 0 Å². The summed E-state index contributed by atoms with van der Waals surface area (Å²) in [6.07, 6.45) is 4.14. The van der Waals surface area contributed by atoms with Crippen LogP contribution in [-0.2, 0) is 7.05 Å². The lowest BCUT2D eigenvalue weighted by atomic mass is 9.95. The number of aryl methyl sites for hydroxylation is 1. The summed E-state index contributed by atoms with van der Waals surface area (Å²) in [4.78, 5) is 18.0. The van der Waals surface area contributed by atoms with Crippen LogP contribution in [0.4, 0.5) is 0 Å². The van der Waals surface area contributed by atoms with E-state index < -0.39 is 0 Å². The number of amides is 1. The summed E-state index contributed by atoms with van der Waals surface area (Å²) in [5.74, 6) is 0.421. The number of aromatic nitrogens is 2. The third-order valence-electron chi connectivity index (χ3n) is 3.29. The summed E-state index contributed by atoms with van der Waals surface area (Å²) in [5, 5.41) is 0. The maximum atomic E-state index is 12.2. The Morgan fingerprint density at radius 3 is 2.94 bits per heavy atom. The fraction of sp³-hybridized carbons (Fsp3) is 0.636. The molecule has 1 aromatic rings. The van der Waals surface area contributed by atoms with Crippen molar-refractivity contribution in [2.24, 2.45) is 18.7 Å². The molecule has 1 fully saturated rings. The van der Waals surface area contributed by atoms with Gasteiger partial charge in [0.25, 0.3) is 5.91 Å². The van der Waals surface area contributed by atoms with Gasteiger partial charge in [-0.2, -0.15) is 0 Å². The minimum absolute atomic E-state index is 0.0544. The summed E-state index contributed by atoms with van der Waals surface area (Å²) in [6, 6.07) is 0.218.